The van der Waals surface area contributed by atoms with E-state index in [1.165, 1.54) is 5.70 Å². The van der Waals surface area contributed by atoms with E-state index >= 15 is 0 Å². The summed E-state index contributed by atoms with van der Waals surface area (Å²) < 4.78 is 34.6. The topological polar surface area (TPSA) is 0 Å². The van der Waals surface area contributed by atoms with Gasteiger partial charge >= 0.3 is 6.18 Å². The summed E-state index contributed by atoms with van der Waals surface area (Å²) in [6.07, 6.45) is -3.81. The van der Waals surface area contributed by atoms with Crippen molar-refractivity contribution in [3.05, 3.63) is 11.8 Å². The van der Waals surface area contributed by atoms with Gasteiger partial charge < -0.3 is 0 Å². The predicted molar refractivity (Wildman–Crippen MR) is 38.5 cm³/mol. The molecular formula is C6H11F3Si. The molecule has 10 heavy (non-hydrogen) atoms. The van der Waals surface area contributed by atoms with E-state index in [-0.39, 0.29) is 0 Å². The SMILES string of the molecule is C[Si](C)(C)/C=C/C(F)(F)F. The van der Waals surface area contributed by atoms with Crippen LogP contribution in [-0.4, -0.2) is 14.3 Å². The fraction of sp³-hybridized carbons (Fsp3) is 0.667. The Kier molecular flexibility index (Phi) is 2.71. The minimum atomic E-state index is -4.14. The molecule has 0 aromatic carbocycles. The van der Waals surface area contributed by atoms with E-state index in [0.717, 1.165) is 0 Å². The van der Waals surface area contributed by atoms with Crippen molar-refractivity contribution < 1.29 is 13.2 Å². The van der Waals surface area contributed by atoms with E-state index in [1.807, 2.05) is 19.6 Å². The van der Waals surface area contributed by atoms with Gasteiger partial charge in [-0.25, -0.2) is 0 Å². The third kappa shape index (κ3) is 7.75. The number of halogens is 3. The fourth-order valence-corrected chi connectivity index (χ4v) is 1.03. The predicted octanol–water partition coefficient (Wildman–Crippen LogP) is 2.98. The van der Waals surface area contributed by atoms with Gasteiger partial charge in [-0.15, -0.1) is 0 Å². The molecule has 0 N–H and O–H groups in total. The molecule has 0 heterocycles. The summed E-state index contributed by atoms with van der Waals surface area (Å²) >= 11 is 0. The Morgan fingerprint density at radius 3 is 1.60 bits per heavy atom. The zero-order valence-electron chi connectivity index (χ0n) is 6.29. The van der Waals surface area contributed by atoms with Crippen LogP contribution in [0.3, 0.4) is 0 Å². The second-order valence-electron chi connectivity index (χ2n) is 3.24. The fourth-order valence-electron chi connectivity index (χ4n) is 0.344. The van der Waals surface area contributed by atoms with Gasteiger partial charge in [0.15, 0.2) is 0 Å². The summed E-state index contributed by atoms with van der Waals surface area (Å²) in [6, 6.07) is 0. The summed E-state index contributed by atoms with van der Waals surface area (Å²) in [7, 11) is -1.67. The van der Waals surface area contributed by atoms with Crippen molar-refractivity contribution in [2.24, 2.45) is 0 Å². The summed E-state index contributed by atoms with van der Waals surface area (Å²) in [5.74, 6) is 0. The first-order valence-corrected chi connectivity index (χ1v) is 6.55. The molecule has 0 aliphatic carbocycles. The van der Waals surface area contributed by atoms with Crippen molar-refractivity contribution in [3.63, 3.8) is 0 Å². The minimum Gasteiger partial charge on any atom is -0.167 e. The quantitative estimate of drug-likeness (QED) is 0.528. The molecular weight excluding hydrogens is 157 g/mol. The van der Waals surface area contributed by atoms with Gasteiger partial charge in [0.1, 0.15) is 0 Å². The maximum Gasteiger partial charge on any atom is 0.409 e. The Hall–Kier alpha value is -0.253. The summed E-state index contributed by atoms with van der Waals surface area (Å²) in [4.78, 5) is 0. The average molecular weight is 168 g/mol. The Bertz CT molecular complexity index is 113. The molecule has 0 radical (unpaired) electrons. The lowest BCUT2D eigenvalue weighted by Crippen LogP contribution is -2.17. The lowest BCUT2D eigenvalue weighted by atomic mass is 10.6. The summed E-state index contributed by atoms with van der Waals surface area (Å²) in [5, 5.41) is 0. The number of alkyl halides is 3. The zero-order valence-corrected chi connectivity index (χ0v) is 7.29. The molecule has 0 fully saturated rings. The monoisotopic (exact) mass is 168 g/mol. The molecule has 0 aromatic heterocycles. The summed E-state index contributed by atoms with van der Waals surface area (Å²) in [5.41, 5.74) is 1.28. The summed E-state index contributed by atoms with van der Waals surface area (Å²) in [6.45, 7) is 5.57. The Labute approximate surface area is 59.8 Å². The molecule has 0 nitrogen and oxygen atoms in total. The lowest BCUT2D eigenvalue weighted by Gasteiger charge is -2.08. The highest BCUT2D eigenvalue weighted by Gasteiger charge is 2.23. The van der Waals surface area contributed by atoms with Crippen LogP contribution in [0, 0.1) is 0 Å². The van der Waals surface area contributed by atoms with Crippen molar-refractivity contribution in [1.29, 1.82) is 0 Å². The van der Waals surface area contributed by atoms with Crippen molar-refractivity contribution in [2.45, 2.75) is 25.8 Å². The first-order chi connectivity index (χ1) is 4.21. The highest BCUT2D eigenvalue weighted by molar-refractivity contribution is 6.80. The number of hydrogen-bond acceptors (Lipinski definition) is 0. The third-order valence-corrected chi connectivity index (χ3v) is 1.94. The minimum absolute atomic E-state index is 0.333. The smallest absolute Gasteiger partial charge is 0.167 e. The number of allylic oxidation sites excluding steroid dienone is 1. The van der Waals surface area contributed by atoms with Crippen molar-refractivity contribution in [3.8, 4) is 0 Å². The average Bonchev–Trinajstić information content (AvgIpc) is 1.57. The van der Waals surface area contributed by atoms with E-state index in [4.69, 9.17) is 0 Å². The second kappa shape index (κ2) is 2.78. The molecule has 0 bridgehead atoms. The third-order valence-electron chi connectivity index (χ3n) is 0.772. The molecule has 0 spiro atoms. The van der Waals surface area contributed by atoms with Crippen LogP contribution in [0.1, 0.15) is 0 Å². The van der Waals surface area contributed by atoms with Gasteiger partial charge in [0.25, 0.3) is 0 Å². The van der Waals surface area contributed by atoms with Gasteiger partial charge in [-0.2, -0.15) is 13.2 Å². The molecule has 0 aromatic rings. The van der Waals surface area contributed by atoms with Crippen LogP contribution in [0.2, 0.25) is 19.6 Å². The lowest BCUT2D eigenvalue weighted by molar-refractivity contribution is -0.0797. The molecule has 0 aliphatic rings. The molecule has 0 saturated carbocycles. The maximum atomic E-state index is 11.5. The van der Waals surface area contributed by atoms with Crippen molar-refractivity contribution >= 4 is 8.07 Å². The van der Waals surface area contributed by atoms with E-state index in [9.17, 15) is 13.2 Å². The van der Waals surface area contributed by atoms with Crippen LogP contribution in [0.25, 0.3) is 0 Å². The molecule has 0 rings (SSSR count). The second-order valence-corrected chi connectivity index (χ2v) is 8.31. The van der Waals surface area contributed by atoms with Gasteiger partial charge in [0.2, 0.25) is 0 Å². The Balaban J connectivity index is 4.01. The van der Waals surface area contributed by atoms with Crippen LogP contribution in [0.4, 0.5) is 13.2 Å². The van der Waals surface area contributed by atoms with Gasteiger partial charge in [-0.3, -0.25) is 0 Å². The highest BCUT2D eigenvalue weighted by atomic mass is 28.3. The molecule has 0 unspecified atom stereocenters. The van der Waals surface area contributed by atoms with Crippen molar-refractivity contribution in [1.82, 2.24) is 0 Å². The molecule has 0 saturated heterocycles. The van der Waals surface area contributed by atoms with E-state index in [0.29, 0.717) is 6.08 Å². The van der Waals surface area contributed by atoms with Crippen LogP contribution >= 0.6 is 0 Å². The van der Waals surface area contributed by atoms with E-state index in [1.54, 1.807) is 0 Å². The Morgan fingerprint density at radius 1 is 1.10 bits per heavy atom. The van der Waals surface area contributed by atoms with Crippen LogP contribution in [0.5, 0.6) is 0 Å². The number of hydrogen-bond donors (Lipinski definition) is 0. The molecule has 0 amide bonds. The largest absolute Gasteiger partial charge is 0.409 e. The van der Waals surface area contributed by atoms with Gasteiger partial charge in [0.05, 0.1) is 8.07 Å². The van der Waals surface area contributed by atoms with Crippen LogP contribution in [-0.2, 0) is 0 Å². The van der Waals surface area contributed by atoms with Gasteiger partial charge in [-0.05, 0) is 0 Å². The zero-order chi connectivity index (χ0) is 8.41. The van der Waals surface area contributed by atoms with Gasteiger partial charge in [0, 0.05) is 6.08 Å². The molecule has 0 aliphatic heterocycles. The standard InChI is InChI=1S/C6H11F3Si/c1-10(2,3)5-4-6(7,8)9/h4-5H,1-3H3/b5-4+. The molecule has 60 valence electrons. The van der Waals surface area contributed by atoms with E-state index in [2.05, 4.69) is 0 Å². The first-order valence-electron chi connectivity index (χ1n) is 2.98. The molecule has 4 heteroatoms. The first kappa shape index (κ1) is 9.75. The molecule has 0 atom stereocenters. The van der Waals surface area contributed by atoms with Crippen molar-refractivity contribution in [2.75, 3.05) is 0 Å². The number of rotatable bonds is 1. The van der Waals surface area contributed by atoms with Crippen LogP contribution in [0.15, 0.2) is 11.8 Å². The van der Waals surface area contributed by atoms with E-state index < -0.39 is 14.3 Å². The Morgan fingerprint density at radius 2 is 1.50 bits per heavy atom. The van der Waals surface area contributed by atoms with Gasteiger partial charge in [-0.1, -0.05) is 25.3 Å². The maximum absolute atomic E-state index is 11.5. The highest BCUT2D eigenvalue weighted by Crippen LogP contribution is 2.17. The van der Waals surface area contributed by atoms with Crippen LogP contribution < -0.4 is 0 Å². The normalized spacial score (nSPS) is 14.6.